The first kappa shape index (κ1) is 10.1. The van der Waals surface area contributed by atoms with Crippen molar-refractivity contribution in [2.45, 2.75) is 19.8 Å². The maximum atomic E-state index is 13.5. The van der Waals surface area contributed by atoms with E-state index in [-0.39, 0.29) is 17.2 Å². The summed E-state index contributed by atoms with van der Waals surface area (Å²) in [5.41, 5.74) is 0.184. The molecule has 1 fully saturated rings. The van der Waals surface area contributed by atoms with Gasteiger partial charge in [0, 0.05) is 5.92 Å². The average molecular weight is 208 g/mol. The van der Waals surface area contributed by atoms with Crippen molar-refractivity contribution in [2.75, 3.05) is 0 Å². The van der Waals surface area contributed by atoms with Crippen LogP contribution in [-0.2, 0) is 4.79 Å². The zero-order valence-electron chi connectivity index (χ0n) is 8.70. The fourth-order valence-corrected chi connectivity index (χ4v) is 2.41. The third-order valence-corrected chi connectivity index (χ3v) is 3.33. The zero-order chi connectivity index (χ0) is 11.2. The number of carbonyl (C=O) groups is 1. The zero-order valence-corrected chi connectivity index (χ0v) is 8.70. The summed E-state index contributed by atoms with van der Waals surface area (Å²) in [6.07, 6.45) is 0. The van der Waals surface area contributed by atoms with E-state index in [1.165, 1.54) is 6.07 Å². The summed E-state index contributed by atoms with van der Waals surface area (Å²) in [6, 6.07) is 6.41. The molecule has 0 spiro atoms. The molecule has 0 radical (unpaired) electrons. The summed E-state index contributed by atoms with van der Waals surface area (Å²) in [7, 11) is 0. The number of carboxylic acids is 1. The van der Waals surface area contributed by atoms with Crippen LogP contribution >= 0.6 is 0 Å². The van der Waals surface area contributed by atoms with Crippen molar-refractivity contribution in [3.8, 4) is 0 Å². The van der Waals surface area contributed by atoms with Gasteiger partial charge >= 0.3 is 5.97 Å². The molecule has 0 bridgehead atoms. The molecule has 0 aromatic heterocycles. The molecule has 1 N–H and O–H groups in total. The van der Waals surface area contributed by atoms with Gasteiger partial charge in [0.05, 0.1) is 5.92 Å². The van der Waals surface area contributed by atoms with Crippen LogP contribution in [0, 0.1) is 17.2 Å². The van der Waals surface area contributed by atoms with Crippen molar-refractivity contribution in [1.82, 2.24) is 0 Å². The van der Waals surface area contributed by atoms with E-state index in [0.717, 1.165) is 0 Å². The number of aliphatic carboxylic acids is 1. The predicted molar refractivity (Wildman–Crippen MR) is 54.0 cm³/mol. The van der Waals surface area contributed by atoms with Gasteiger partial charge in [0.15, 0.2) is 0 Å². The summed E-state index contributed by atoms with van der Waals surface area (Å²) < 4.78 is 13.5. The largest absolute Gasteiger partial charge is 0.481 e. The van der Waals surface area contributed by atoms with Crippen LogP contribution in [-0.4, -0.2) is 11.1 Å². The van der Waals surface area contributed by atoms with Crippen LogP contribution in [0.2, 0.25) is 0 Å². The van der Waals surface area contributed by atoms with Crippen molar-refractivity contribution in [3.63, 3.8) is 0 Å². The second-order valence-corrected chi connectivity index (χ2v) is 4.64. The Bertz CT molecular complexity index is 412. The molecule has 0 amide bonds. The van der Waals surface area contributed by atoms with Crippen LogP contribution in [0.25, 0.3) is 0 Å². The molecule has 2 unspecified atom stereocenters. The molecule has 15 heavy (non-hydrogen) atoms. The van der Waals surface area contributed by atoms with E-state index in [1.54, 1.807) is 18.2 Å². The quantitative estimate of drug-likeness (QED) is 0.811. The maximum Gasteiger partial charge on any atom is 0.307 e. The monoisotopic (exact) mass is 208 g/mol. The van der Waals surface area contributed by atoms with Gasteiger partial charge in [0.2, 0.25) is 0 Å². The molecule has 2 nitrogen and oxygen atoms in total. The topological polar surface area (TPSA) is 37.3 Å². The fourth-order valence-electron chi connectivity index (χ4n) is 2.41. The van der Waals surface area contributed by atoms with Crippen LogP contribution in [0.3, 0.4) is 0 Å². The van der Waals surface area contributed by atoms with Crippen molar-refractivity contribution in [3.05, 3.63) is 35.6 Å². The highest BCUT2D eigenvalue weighted by Gasteiger charge is 2.63. The molecular weight excluding hydrogens is 195 g/mol. The first-order valence-electron chi connectivity index (χ1n) is 4.93. The van der Waals surface area contributed by atoms with E-state index in [1.807, 2.05) is 13.8 Å². The third kappa shape index (κ3) is 1.42. The van der Waals surface area contributed by atoms with E-state index in [0.29, 0.717) is 5.56 Å². The van der Waals surface area contributed by atoms with Crippen molar-refractivity contribution < 1.29 is 14.3 Å². The molecule has 80 valence electrons. The van der Waals surface area contributed by atoms with Gasteiger partial charge in [-0.25, -0.2) is 4.39 Å². The Hall–Kier alpha value is -1.38. The summed E-state index contributed by atoms with van der Waals surface area (Å²) in [5.74, 6) is -1.81. The third-order valence-electron chi connectivity index (χ3n) is 3.33. The van der Waals surface area contributed by atoms with Gasteiger partial charge in [-0.3, -0.25) is 4.79 Å². The Morgan fingerprint density at radius 3 is 2.47 bits per heavy atom. The van der Waals surface area contributed by atoms with Crippen LogP contribution in [0.15, 0.2) is 24.3 Å². The van der Waals surface area contributed by atoms with Gasteiger partial charge in [-0.2, -0.15) is 0 Å². The molecule has 1 aromatic rings. The molecular formula is C12H13FO2. The minimum absolute atomic E-state index is 0.198. The normalized spacial score (nSPS) is 27.4. The van der Waals surface area contributed by atoms with Gasteiger partial charge in [0.1, 0.15) is 5.82 Å². The van der Waals surface area contributed by atoms with Crippen molar-refractivity contribution in [1.29, 1.82) is 0 Å². The lowest BCUT2D eigenvalue weighted by molar-refractivity contribution is -0.139. The fraction of sp³-hybridized carbons (Fsp3) is 0.417. The van der Waals surface area contributed by atoms with E-state index in [4.69, 9.17) is 5.11 Å². The van der Waals surface area contributed by atoms with Gasteiger partial charge in [-0.05, 0) is 17.0 Å². The highest BCUT2D eigenvalue weighted by atomic mass is 19.1. The first-order valence-corrected chi connectivity index (χ1v) is 4.93. The maximum absolute atomic E-state index is 13.5. The molecule has 2 atom stereocenters. The van der Waals surface area contributed by atoms with E-state index < -0.39 is 11.9 Å². The number of hydrogen-bond acceptors (Lipinski definition) is 1. The second kappa shape index (κ2) is 3.05. The van der Waals surface area contributed by atoms with Crippen LogP contribution in [0.1, 0.15) is 25.3 Å². The average Bonchev–Trinajstić information content (AvgIpc) is 2.70. The van der Waals surface area contributed by atoms with E-state index in [2.05, 4.69) is 0 Å². The molecule has 0 aliphatic heterocycles. The minimum atomic E-state index is -0.840. The van der Waals surface area contributed by atoms with Gasteiger partial charge in [-0.15, -0.1) is 0 Å². The molecule has 1 aliphatic rings. The number of rotatable bonds is 2. The van der Waals surface area contributed by atoms with Gasteiger partial charge in [-0.1, -0.05) is 32.0 Å². The smallest absolute Gasteiger partial charge is 0.307 e. The molecule has 3 heteroatoms. The number of halogens is 1. The van der Waals surface area contributed by atoms with E-state index >= 15 is 0 Å². The summed E-state index contributed by atoms with van der Waals surface area (Å²) in [6.45, 7) is 3.73. The second-order valence-electron chi connectivity index (χ2n) is 4.64. The summed E-state index contributed by atoms with van der Waals surface area (Å²) in [4.78, 5) is 10.9. The molecule has 0 saturated heterocycles. The van der Waals surface area contributed by atoms with Crippen LogP contribution in [0.5, 0.6) is 0 Å². The SMILES string of the molecule is CC1(C)C(C(=O)O)C1c1ccccc1F. The van der Waals surface area contributed by atoms with Crippen LogP contribution in [0.4, 0.5) is 4.39 Å². The number of carboxylic acid groups (broad SMARTS) is 1. The Morgan fingerprint density at radius 2 is 2.00 bits per heavy atom. The number of benzene rings is 1. The van der Waals surface area contributed by atoms with Gasteiger partial charge in [0.25, 0.3) is 0 Å². The molecule has 2 rings (SSSR count). The lowest BCUT2D eigenvalue weighted by atomic mass is 10.0. The predicted octanol–water partition coefficient (Wildman–Crippen LogP) is 2.65. The molecule has 1 saturated carbocycles. The lowest BCUT2D eigenvalue weighted by Gasteiger charge is -2.03. The highest BCUT2D eigenvalue weighted by Crippen LogP contribution is 2.64. The Kier molecular flexibility index (Phi) is 2.07. The summed E-state index contributed by atoms with van der Waals surface area (Å²) in [5, 5.41) is 8.99. The van der Waals surface area contributed by atoms with Crippen LogP contribution < -0.4 is 0 Å². The molecule has 0 heterocycles. The molecule has 1 aromatic carbocycles. The van der Waals surface area contributed by atoms with Gasteiger partial charge < -0.3 is 5.11 Å². The minimum Gasteiger partial charge on any atom is -0.481 e. The standard InChI is InChI=1S/C12H13FO2/c1-12(2)9(10(12)11(14)15)7-5-3-4-6-8(7)13/h3-6,9-10H,1-2H3,(H,14,15). The van der Waals surface area contributed by atoms with Crippen molar-refractivity contribution in [2.24, 2.45) is 11.3 Å². The van der Waals surface area contributed by atoms with E-state index in [9.17, 15) is 9.18 Å². The Balaban J connectivity index is 2.36. The number of hydrogen-bond donors (Lipinski definition) is 1. The highest BCUT2D eigenvalue weighted by molar-refractivity contribution is 5.77. The Morgan fingerprint density at radius 1 is 1.40 bits per heavy atom. The molecule has 1 aliphatic carbocycles. The van der Waals surface area contributed by atoms with Crippen molar-refractivity contribution >= 4 is 5.97 Å². The Labute approximate surface area is 87.7 Å². The lowest BCUT2D eigenvalue weighted by Crippen LogP contribution is -2.03. The first-order chi connectivity index (χ1) is 6.96. The summed E-state index contributed by atoms with van der Waals surface area (Å²) >= 11 is 0.